The van der Waals surface area contributed by atoms with Crippen LogP contribution in [0.4, 0.5) is 0 Å². The molecule has 5 nitrogen and oxygen atoms in total. The molecule has 0 unspecified atom stereocenters. The summed E-state index contributed by atoms with van der Waals surface area (Å²) in [7, 11) is 1.42. The van der Waals surface area contributed by atoms with Crippen LogP contribution in [0, 0.1) is 10.1 Å². The lowest BCUT2D eigenvalue weighted by atomic mass is 10.1. The van der Waals surface area contributed by atoms with Crippen LogP contribution in [0.3, 0.4) is 0 Å². The van der Waals surface area contributed by atoms with Gasteiger partial charge in [-0.25, -0.2) is 0 Å². The zero-order valence-electron chi connectivity index (χ0n) is 15.3. The van der Waals surface area contributed by atoms with Crippen LogP contribution < -0.4 is 0 Å². The first-order chi connectivity index (χ1) is 11.6. The molecule has 0 bridgehead atoms. The normalized spacial score (nSPS) is 11.8. The Morgan fingerprint density at radius 2 is 1.67 bits per heavy atom. The van der Waals surface area contributed by atoms with Crippen LogP contribution in [-0.4, -0.2) is 18.0 Å². The maximum Gasteiger partial charge on any atom is 0.305 e. The monoisotopic (exact) mass is 339 g/mol. The Bertz CT molecular complexity index is 402. The molecular weight excluding hydrogens is 306 g/mol. The topological polar surface area (TPSA) is 69.4 Å². The average Bonchev–Trinajstić information content (AvgIpc) is 2.57. The lowest BCUT2D eigenvalue weighted by Crippen LogP contribution is -1.99. The minimum Gasteiger partial charge on any atom is -0.469 e. The molecule has 0 atom stereocenters. The number of carbonyl (C=O) groups excluding carboxylic acids is 1. The van der Waals surface area contributed by atoms with Crippen molar-refractivity contribution in [2.24, 2.45) is 0 Å². The van der Waals surface area contributed by atoms with Crippen molar-refractivity contribution in [3.8, 4) is 0 Å². The van der Waals surface area contributed by atoms with Gasteiger partial charge in [0.05, 0.1) is 12.0 Å². The van der Waals surface area contributed by atoms with Crippen molar-refractivity contribution in [2.45, 2.75) is 84.0 Å². The van der Waals surface area contributed by atoms with Gasteiger partial charge in [-0.3, -0.25) is 14.9 Å². The van der Waals surface area contributed by atoms with Gasteiger partial charge in [0, 0.05) is 12.8 Å². The first-order valence-corrected chi connectivity index (χ1v) is 9.17. The Morgan fingerprint density at radius 1 is 1.00 bits per heavy atom. The van der Waals surface area contributed by atoms with E-state index in [1.165, 1.54) is 7.11 Å². The molecule has 0 aromatic heterocycles. The number of hydrogen-bond acceptors (Lipinski definition) is 4. The Kier molecular flexibility index (Phi) is 15.1. The zero-order chi connectivity index (χ0) is 18.0. The van der Waals surface area contributed by atoms with E-state index in [4.69, 9.17) is 0 Å². The number of nitro groups is 1. The molecule has 0 N–H and O–H groups in total. The largest absolute Gasteiger partial charge is 0.469 e. The number of carbonyl (C=O) groups is 1. The summed E-state index contributed by atoms with van der Waals surface area (Å²) in [5.41, 5.74) is 0.346. The maximum atomic E-state index is 10.9. The van der Waals surface area contributed by atoms with Crippen molar-refractivity contribution in [1.29, 1.82) is 0 Å². The molecule has 0 heterocycles. The number of hydrogen-bond donors (Lipinski definition) is 0. The van der Waals surface area contributed by atoms with Crippen molar-refractivity contribution in [3.63, 3.8) is 0 Å². The zero-order valence-corrected chi connectivity index (χ0v) is 15.3. The van der Waals surface area contributed by atoms with Gasteiger partial charge in [0.25, 0.3) is 0 Å². The van der Waals surface area contributed by atoms with Gasteiger partial charge >= 0.3 is 5.97 Å². The SMILES string of the molecule is CCCCCC(=CCC=CCCCCCCCC(=O)OC)[N+](=O)[O-]. The fourth-order valence-corrected chi connectivity index (χ4v) is 2.41. The van der Waals surface area contributed by atoms with E-state index in [-0.39, 0.29) is 10.9 Å². The summed E-state index contributed by atoms with van der Waals surface area (Å²) in [4.78, 5) is 21.6. The number of allylic oxidation sites excluding steroid dienone is 4. The Labute approximate surface area is 146 Å². The van der Waals surface area contributed by atoms with Crippen molar-refractivity contribution in [1.82, 2.24) is 0 Å². The second-order valence-electron chi connectivity index (χ2n) is 6.00. The number of nitrogens with zero attached hydrogens (tertiary/aromatic N) is 1. The molecule has 0 aliphatic carbocycles. The molecule has 5 heteroatoms. The second kappa shape index (κ2) is 16.2. The summed E-state index contributed by atoms with van der Waals surface area (Å²) in [6, 6.07) is 0. The van der Waals surface area contributed by atoms with Crippen LogP contribution in [-0.2, 0) is 9.53 Å². The fourth-order valence-electron chi connectivity index (χ4n) is 2.41. The predicted octanol–water partition coefficient (Wildman–Crippen LogP) is 5.58. The molecule has 0 radical (unpaired) electrons. The van der Waals surface area contributed by atoms with Crippen molar-refractivity contribution in [2.75, 3.05) is 7.11 Å². The molecule has 0 aliphatic heterocycles. The number of rotatable bonds is 15. The Morgan fingerprint density at radius 3 is 2.33 bits per heavy atom. The van der Waals surface area contributed by atoms with Crippen molar-refractivity contribution < 1.29 is 14.5 Å². The third-order valence-corrected chi connectivity index (χ3v) is 3.91. The van der Waals surface area contributed by atoms with Gasteiger partial charge in [0.2, 0.25) is 5.70 Å². The van der Waals surface area contributed by atoms with E-state index in [1.807, 2.05) is 6.08 Å². The molecule has 0 aromatic rings. The number of ether oxygens (including phenoxy) is 1. The van der Waals surface area contributed by atoms with E-state index in [9.17, 15) is 14.9 Å². The van der Waals surface area contributed by atoms with Gasteiger partial charge < -0.3 is 4.74 Å². The standard InChI is InChI=1S/C19H33NO4/c1-3-4-12-15-18(20(22)23)16-13-10-8-6-5-7-9-11-14-17-19(21)24-2/h8,10,16H,3-7,9,11-15,17H2,1-2H3. The van der Waals surface area contributed by atoms with Gasteiger partial charge in [0.1, 0.15) is 0 Å². The van der Waals surface area contributed by atoms with Crippen LogP contribution in [0.1, 0.15) is 84.0 Å². The number of esters is 1. The molecule has 0 rings (SSSR count). The third-order valence-electron chi connectivity index (χ3n) is 3.91. The van der Waals surface area contributed by atoms with Gasteiger partial charge in [-0.05, 0) is 38.2 Å². The first-order valence-electron chi connectivity index (χ1n) is 9.17. The van der Waals surface area contributed by atoms with Crippen LogP contribution in [0.5, 0.6) is 0 Å². The highest BCUT2D eigenvalue weighted by Crippen LogP contribution is 2.11. The fraction of sp³-hybridized carbons (Fsp3) is 0.737. The summed E-state index contributed by atoms with van der Waals surface area (Å²) in [6.07, 6.45) is 17.0. The lowest BCUT2D eigenvalue weighted by Gasteiger charge is -2.00. The maximum absolute atomic E-state index is 10.9. The molecule has 0 saturated heterocycles. The molecule has 0 fully saturated rings. The van der Waals surface area contributed by atoms with Gasteiger partial charge in [-0.1, -0.05) is 51.2 Å². The first kappa shape index (κ1) is 22.4. The molecule has 138 valence electrons. The van der Waals surface area contributed by atoms with Gasteiger partial charge in [-0.15, -0.1) is 0 Å². The second-order valence-corrected chi connectivity index (χ2v) is 6.00. The molecule has 0 aromatic carbocycles. The number of unbranched alkanes of at least 4 members (excludes halogenated alkanes) is 7. The Balaban J connectivity index is 3.67. The summed E-state index contributed by atoms with van der Waals surface area (Å²) in [5, 5.41) is 10.9. The van der Waals surface area contributed by atoms with E-state index >= 15 is 0 Å². The van der Waals surface area contributed by atoms with Crippen LogP contribution >= 0.6 is 0 Å². The highest BCUT2D eigenvalue weighted by Gasteiger charge is 2.08. The molecule has 0 aliphatic rings. The Hall–Kier alpha value is -1.65. The van der Waals surface area contributed by atoms with Crippen LogP contribution in [0.2, 0.25) is 0 Å². The summed E-state index contributed by atoms with van der Waals surface area (Å²) >= 11 is 0. The highest BCUT2D eigenvalue weighted by molar-refractivity contribution is 5.68. The third kappa shape index (κ3) is 14.0. The lowest BCUT2D eigenvalue weighted by molar-refractivity contribution is -0.428. The molecular formula is C19H33NO4. The van der Waals surface area contributed by atoms with Crippen LogP contribution in [0.25, 0.3) is 0 Å². The highest BCUT2D eigenvalue weighted by atomic mass is 16.6. The van der Waals surface area contributed by atoms with Crippen molar-refractivity contribution in [3.05, 3.63) is 34.0 Å². The minimum atomic E-state index is -0.252. The minimum absolute atomic E-state index is 0.130. The summed E-state index contributed by atoms with van der Waals surface area (Å²) in [6.45, 7) is 2.09. The van der Waals surface area contributed by atoms with Gasteiger partial charge in [-0.2, -0.15) is 0 Å². The summed E-state index contributed by atoms with van der Waals surface area (Å²) < 4.78 is 4.60. The van der Waals surface area contributed by atoms with E-state index in [2.05, 4.69) is 17.7 Å². The van der Waals surface area contributed by atoms with Crippen molar-refractivity contribution >= 4 is 5.97 Å². The quantitative estimate of drug-likeness (QED) is 0.128. The summed E-state index contributed by atoms with van der Waals surface area (Å²) in [5.74, 6) is -0.130. The molecule has 0 amide bonds. The molecule has 0 spiro atoms. The number of methoxy groups -OCH3 is 1. The van der Waals surface area contributed by atoms with Gasteiger partial charge in [0.15, 0.2) is 0 Å². The average molecular weight is 339 g/mol. The molecule has 24 heavy (non-hydrogen) atoms. The van der Waals surface area contributed by atoms with E-state index < -0.39 is 0 Å². The predicted molar refractivity (Wildman–Crippen MR) is 97.3 cm³/mol. The van der Waals surface area contributed by atoms with E-state index in [0.29, 0.717) is 25.0 Å². The van der Waals surface area contributed by atoms with E-state index in [0.717, 1.165) is 57.8 Å². The van der Waals surface area contributed by atoms with Crippen LogP contribution in [0.15, 0.2) is 23.9 Å². The molecule has 0 saturated carbocycles. The smallest absolute Gasteiger partial charge is 0.305 e. The van der Waals surface area contributed by atoms with E-state index in [1.54, 1.807) is 6.08 Å².